The third-order valence-electron chi connectivity index (χ3n) is 3.56. The Morgan fingerprint density at radius 1 is 0.958 bits per heavy atom. The highest BCUT2D eigenvalue weighted by atomic mass is 16.5. The van der Waals surface area contributed by atoms with Gasteiger partial charge in [0.1, 0.15) is 11.6 Å². The molecule has 0 fully saturated rings. The van der Waals surface area contributed by atoms with Crippen molar-refractivity contribution in [2.45, 2.75) is 0 Å². The van der Waals surface area contributed by atoms with Crippen LogP contribution in [0.25, 0.3) is 10.9 Å². The molecule has 0 saturated heterocycles. The van der Waals surface area contributed by atoms with Gasteiger partial charge in [-0.3, -0.25) is 0 Å². The Hall–Kier alpha value is -2.86. The summed E-state index contributed by atoms with van der Waals surface area (Å²) in [5, 5.41) is 7.50. The van der Waals surface area contributed by atoms with Crippen LogP contribution in [0.1, 0.15) is 0 Å². The van der Waals surface area contributed by atoms with E-state index in [2.05, 4.69) is 20.6 Å². The van der Waals surface area contributed by atoms with E-state index in [4.69, 9.17) is 9.47 Å². The molecule has 124 valence electrons. The molecule has 0 radical (unpaired) electrons. The van der Waals surface area contributed by atoms with Gasteiger partial charge in [-0.15, -0.1) is 0 Å². The molecule has 2 N–H and O–H groups in total. The molecule has 6 nitrogen and oxygen atoms in total. The summed E-state index contributed by atoms with van der Waals surface area (Å²) >= 11 is 0. The van der Waals surface area contributed by atoms with Crippen molar-refractivity contribution < 1.29 is 9.47 Å². The molecule has 0 spiro atoms. The number of ether oxygens (including phenoxy) is 2. The van der Waals surface area contributed by atoms with Crippen LogP contribution in [0.5, 0.6) is 5.75 Å². The Morgan fingerprint density at radius 3 is 2.58 bits per heavy atom. The second-order valence-corrected chi connectivity index (χ2v) is 5.16. The van der Waals surface area contributed by atoms with E-state index in [0.717, 1.165) is 28.2 Å². The second kappa shape index (κ2) is 7.61. The van der Waals surface area contributed by atoms with Gasteiger partial charge in [0.2, 0.25) is 5.95 Å². The van der Waals surface area contributed by atoms with Crippen LogP contribution in [-0.4, -0.2) is 37.3 Å². The molecule has 1 aromatic heterocycles. The first-order chi connectivity index (χ1) is 11.8. The topological polar surface area (TPSA) is 68.3 Å². The normalized spacial score (nSPS) is 10.6. The molecule has 0 amide bonds. The van der Waals surface area contributed by atoms with Gasteiger partial charge in [-0.25, -0.2) is 4.98 Å². The molecular weight excluding hydrogens is 304 g/mol. The summed E-state index contributed by atoms with van der Waals surface area (Å²) in [4.78, 5) is 9.18. The molecule has 0 atom stereocenters. The summed E-state index contributed by atoms with van der Waals surface area (Å²) < 4.78 is 10.5. The summed E-state index contributed by atoms with van der Waals surface area (Å²) in [5.74, 6) is 2.02. The number of nitrogens with one attached hydrogen (secondary N) is 2. The van der Waals surface area contributed by atoms with E-state index in [-0.39, 0.29) is 0 Å². The number of hydrogen-bond donors (Lipinski definition) is 2. The van der Waals surface area contributed by atoms with Crippen molar-refractivity contribution in [3.05, 3.63) is 48.5 Å². The summed E-state index contributed by atoms with van der Waals surface area (Å²) in [5.41, 5.74) is 1.68. The van der Waals surface area contributed by atoms with E-state index in [1.54, 1.807) is 14.2 Å². The third kappa shape index (κ3) is 3.55. The maximum absolute atomic E-state index is 5.36. The van der Waals surface area contributed by atoms with Crippen LogP contribution < -0.4 is 15.4 Å². The van der Waals surface area contributed by atoms with Crippen LogP contribution in [0.15, 0.2) is 48.5 Å². The lowest BCUT2D eigenvalue weighted by Crippen LogP contribution is -2.10. The van der Waals surface area contributed by atoms with Crippen molar-refractivity contribution in [3.8, 4) is 5.75 Å². The SMILES string of the molecule is COCCNc1nc(Nc2ccccc2OC)nc2ccccc12. The van der Waals surface area contributed by atoms with E-state index < -0.39 is 0 Å². The molecule has 3 aromatic rings. The summed E-state index contributed by atoms with van der Waals surface area (Å²) in [6.45, 7) is 1.28. The molecular formula is C18H20N4O2. The van der Waals surface area contributed by atoms with Crippen LogP contribution >= 0.6 is 0 Å². The van der Waals surface area contributed by atoms with Gasteiger partial charge in [0.05, 0.1) is 24.9 Å². The molecule has 0 unspecified atom stereocenters. The van der Waals surface area contributed by atoms with E-state index in [0.29, 0.717) is 19.1 Å². The monoisotopic (exact) mass is 324 g/mol. The molecule has 24 heavy (non-hydrogen) atoms. The first-order valence-corrected chi connectivity index (χ1v) is 7.71. The average Bonchev–Trinajstić information content (AvgIpc) is 2.62. The van der Waals surface area contributed by atoms with Crippen LogP contribution in [0, 0.1) is 0 Å². The predicted molar refractivity (Wildman–Crippen MR) is 96.2 cm³/mol. The summed E-state index contributed by atoms with van der Waals surface area (Å²) in [7, 11) is 3.31. The maximum Gasteiger partial charge on any atom is 0.229 e. The molecule has 0 bridgehead atoms. The fourth-order valence-electron chi connectivity index (χ4n) is 2.41. The Labute approximate surface area is 140 Å². The average molecular weight is 324 g/mol. The van der Waals surface area contributed by atoms with Crippen molar-refractivity contribution in [2.24, 2.45) is 0 Å². The van der Waals surface area contributed by atoms with E-state index in [9.17, 15) is 0 Å². The standard InChI is InChI=1S/C18H20N4O2/c1-23-12-11-19-17-13-7-3-4-8-14(13)20-18(22-17)21-15-9-5-6-10-16(15)24-2/h3-10H,11-12H2,1-2H3,(H2,19,20,21,22). The summed E-state index contributed by atoms with van der Waals surface area (Å²) in [6.07, 6.45) is 0. The Balaban J connectivity index is 1.95. The molecule has 2 aromatic carbocycles. The number of hydrogen-bond acceptors (Lipinski definition) is 6. The molecule has 1 heterocycles. The Morgan fingerprint density at radius 2 is 1.75 bits per heavy atom. The largest absolute Gasteiger partial charge is 0.495 e. The minimum absolute atomic E-state index is 0.512. The van der Waals surface area contributed by atoms with Crippen molar-refractivity contribution in [2.75, 3.05) is 38.0 Å². The zero-order chi connectivity index (χ0) is 16.8. The number of rotatable bonds is 7. The number of fused-ring (bicyclic) bond motifs is 1. The fraction of sp³-hybridized carbons (Fsp3) is 0.222. The minimum atomic E-state index is 0.512. The van der Waals surface area contributed by atoms with Crippen molar-refractivity contribution in [1.82, 2.24) is 9.97 Å². The Bertz CT molecular complexity index is 823. The molecule has 0 saturated carbocycles. The van der Waals surface area contributed by atoms with Crippen molar-refractivity contribution >= 4 is 28.4 Å². The highest BCUT2D eigenvalue weighted by Gasteiger charge is 2.09. The quantitative estimate of drug-likeness (QED) is 0.649. The van der Waals surface area contributed by atoms with Crippen molar-refractivity contribution in [3.63, 3.8) is 0 Å². The van der Waals surface area contributed by atoms with Gasteiger partial charge in [-0.05, 0) is 24.3 Å². The van der Waals surface area contributed by atoms with Crippen molar-refractivity contribution in [1.29, 1.82) is 0 Å². The zero-order valence-corrected chi connectivity index (χ0v) is 13.7. The van der Waals surface area contributed by atoms with Crippen LogP contribution in [0.2, 0.25) is 0 Å². The number of nitrogens with zero attached hydrogens (tertiary/aromatic N) is 2. The van der Waals surface area contributed by atoms with Crippen LogP contribution in [0.4, 0.5) is 17.5 Å². The van der Waals surface area contributed by atoms with E-state index >= 15 is 0 Å². The fourth-order valence-corrected chi connectivity index (χ4v) is 2.41. The van der Waals surface area contributed by atoms with Crippen LogP contribution in [0.3, 0.4) is 0 Å². The number of anilines is 3. The maximum atomic E-state index is 5.36. The van der Waals surface area contributed by atoms with Gasteiger partial charge < -0.3 is 20.1 Å². The number of aromatic nitrogens is 2. The van der Waals surface area contributed by atoms with Gasteiger partial charge in [0.25, 0.3) is 0 Å². The number of benzene rings is 2. The number of para-hydroxylation sites is 3. The molecule has 0 aliphatic carbocycles. The van der Waals surface area contributed by atoms with Gasteiger partial charge in [-0.2, -0.15) is 4.98 Å². The third-order valence-corrected chi connectivity index (χ3v) is 3.56. The Kier molecular flexibility index (Phi) is 5.08. The zero-order valence-electron chi connectivity index (χ0n) is 13.7. The highest BCUT2D eigenvalue weighted by Crippen LogP contribution is 2.28. The molecule has 0 aliphatic heterocycles. The van der Waals surface area contributed by atoms with Gasteiger partial charge >= 0.3 is 0 Å². The second-order valence-electron chi connectivity index (χ2n) is 5.16. The van der Waals surface area contributed by atoms with Gasteiger partial charge in [0, 0.05) is 19.0 Å². The molecule has 0 aliphatic rings. The smallest absolute Gasteiger partial charge is 0.229 e. The lowest BCUT2D eigenvalue weighted by Gasteiger charge is -2.13. The van der Waals surface area contributed by atoms with Gasteiger partial charge in [0.15, 0.2) is 0 Å². The lowest BCUT2D eigenvalue weighted by atomic mass is 10.2. The predicted octanol–water partition coefficient (Wildman–Crippen LogP) is 3.44. The first-order valence-electron chi connectivity index (χ1n) is 7.71. The minimum Gasteiger partial charge on any atom is -0.495 e. The molecule has 6 heteroatoms. The van der Waals surface area contributed by atoms with Gasteiger partial charge in [-0.1, -0.05) is 24.3 Å². The number of methoxy groups -OCH3 is 2. The molecule has 3 rings (SSSR count). The van der Waals surface area contributed by atoms with E-state index in [1.807, 2.05) is 48.5 Å². The highest BCUT2D eigenvalue weighted by molar-refractivity contribution is 5.90. The first kappa shape index (κ1) is 16.0. The van der Waals surface area contributed by atoms with Crippen LogP contribution in [-0.2, 0) is 4.74 Å². The van der Waals surface area contributed by atoms with E-state index in [1.165, 1.54) is 0 Å². The lowest BCUT2D eigenvalue weighted by molar-refractivity contribution is 0.210. The summed E-state index contributed by atoms with van der Waals surface area (Å²) in [6, 6.07) is 15.6.